The first-order valence-electron chi connectivity index (χ1n) is 8.20. The summed E-state index contributed by atoms with van der Waals surface area (Å²) in [5.74, 6) is -0.0754. The van der Waals surface area contributed by atoms with E-state index in [-0.39, 0.29) is 5.91 Å². The molecule has 0 aliphatic carbocycles. The summed E-state index contributed by atoms with van der Waals surface area (Å²) >= 11 is 0. The Balaban J connectivity index is 2.00. The van der Waals surface area contributed by atoms with Gasteiger partial charge in [-0.1, -0.05) is 30.3 Å². The Morgan fingerprint density at radius 1 is 1.08 bits per heavy atom. The minimum absolute atomic E-state index is 0.0754. The average molecular weight is 338 g/mol. The van der Waals surface area contributed by atoms with Gasteiger partial charge in [0.05, 0.1) is 30.8 Å². The molecule has 0 bridgehead atoms. The van der Waals surface area contributed by atoms with Crippen LogP contribution in [0.4, 0.5) is 5.69 Å². The van der Waals surface area contributed by atoms with E-state index in [0.717, 1.165) is 33.4 Å². The average Bonchev–Trinajstić information content (AvgIpc) is 3.05. The molecule has 0 radical (unpaired) electrons. The molecule has 1 aromatic heterocycles. The van der Waals surface area contributed by atoms with Crippen LogP contribution in [0, 0.1) is 0 Å². The van der Waals surface area contributed by atoms with Crippen LogP contribution in [0.3, 0.4) is 0 Å². The number of hydrogen-bond acceptors (Lipinski definition) is 3. The van der Waals surface area contributed by atoms with E-state index in [2.05, 4.69) is 34.6 Å². The Labute approximate surface area is 147 Å². The van der Waals surface area contributed by atoms with Crippen molar-refractivity contribution in [3.63, 3.8) is 0 Å². The third kappa shape index (κ3) is 4.07. The molecule has 0 saturated heterocycles. The van der Waals surface area contributed by atoms with Crippen LogP contribution >= 0.6 is 0 Å². The fraction of sp³-hybridized carbons (Fsp3) is 0.250. The molecule has 2 N–H and O–H groups in total. The van der Waals surface area contributed by atoms with Crippen LogP contribution in [0.5, 0.6) is 0 Å². The van der Waals surface area contributed by atoms with Crippen molar-refractivity contribution in [2.45, 2.75) is 13.0 Å². The fourth-order valence-electron chi connectivity index (χ4n) is 2.84. The molecule has 0 aliphatic rings. The number of methoxy groups -OCH3 is 2. The summed E-state index contributed by atoms with van der Waals surface area (Å²) < 4.78 is 10.2. The van der Waals surface area contributed by atoms with Crippen molar-refractivity contribution in [3.05, 3.63) is 54.1 Å². The number of fused-ring (bicyclic) bond motifs is 1. The van der Waals surface area contributed by atoms with Crippen molar-refractivity contribution in [2.24, 2.45) is 0 Å². The van der Waals surface area contributed by atoms with Gasteiger partial charge in [0.2, 0.25) is 5.91 Å². The highest BCUT2D eigenvalue weighted by Gasteiger charge is 2.12. The fourth-order valence-corrected chi connectivity index (χ4v) is 2.84. The van der Waals surface area contributed by atoms with Gasteiger partial charge in [-0.05, 0) is 29.3 Å². The lowest BCUT2D eigenvalue weighted by Gasteiger charge is -2.09. The topological polar surface area (TPSA) is 63.4 Å². The van der Waals surface area contributed by atoms with Crippen molar-refractivity contribution in [3.8, 4) is 11.3 Å². The number of aromatic nitrogens is 1. The first-order chi connectivity index (χ1) is 12.2. The normalized spacial score (nSPS) is 11.0. The van der Waals surface area contributed by atoms with Gasteiger partial charge in [0.15, 0.2) is 0 Å². The van der Waals surface area contributed by atoms with E-state index in [1.165, 1.54) is 0 Å². The van der Waals surface area contributed by atoms with Crippen molar-refractivity contribution in [1.82, 2.24) is 4.98 Å². The van der Waals surface area contributed by atoms with Crippen LogP contribution in [0.2, 0.25) is 0 Å². The number of benzene rings is 2. The number of nitrogens with one attached hydrogen (secondary N) is 2. The maximum absolute atomic E-state index is 12.1. The minimum Gasteiger partial charge on any atom is -0.384 e. The summed E-state index contributed by atoms with van der Waals surface area (Å²) in [5.41, 5.74) is 4.79. The van der Waals surface area contributed by atoms with Crippen molar-refractivity contribution >= 4 is 22.5 Å². The largest absolute Gasteiger partial charge is 0.384 e. The Bertz CT molecular complexity index is 856. The highest BCUT2D eigenvalue weighted by Crippen LogP contribution is 2.30. The zero-order valence-electron chi connectivity index (χ0n) is 14.5. The number of H-pyrrole nitrogens is 1. The molecule has 1 heterocycles. The molecule has 5 nitrogen and oxygen atoms in total. The van der Waals surface area contributed by atoms with E-state index in [1.54, 1.807) is 14.2 Å². The highest BCUT2D eigenvalue weighted by atomic mass is 16.5. The zero-order valence-corrected chi connectivity index (χ0v) is 14.5. The van der Waals surface area contributed by atoms with Crippen LogP contribution in [-0.2, 0) is 20.9 Å². The molecule has 0 fully saturated rings. The van der Waals surface area contributed by atoms with Gasteiger partial charge >= 0.3 is 0 Å². The molecular weight excluding hydrogens is 316 g/mol. The van der Waals surface area contributed by atoms with Crippen LogP contribution in [0.25, 0.3) is 22.2 Å². The van der Waals surface area contributed by atoms with Gasteiger partial charge in [0, 0.05) is 25.3 Å². The van der Waals surface area contributed by atoms with Crippen molar-refractivity contribution in [1.29, 1.82) is 0 Å². The summed E-state index contributed by atoms with van der Waals surface area (Å²) in [5, 5.41) is 4.02. The Hall–Kier alpha value is -2.63. The van der Waals surface area contributed by atoms with Gasteiger partial charge in [0.1, 0.15) is 0 Å². The van der Waals surface area contributed by atoms with Crippen LogP contribution in [-0.4, -0.2) is 31.7 Å². The third-order valence-electron chi connectivity index (χ3n) is 3.99. The smallest absolute Gasteiger partial charge is 0.226 e. The number of ether oxygens (including phenoxy) is 2. The number of carbonyl (C=O) groups excluding carboxylic acids is 1. The van der Waals surface area contributed by atoms with Gasteiger partial charge in [0.25, 0.3) is 0 Å². The highest BCUT2D eigenvalue weighted by molar-refractivity contribution is 6.02. The molecule has 3 aromatic rings. The number of hydrogen-bond donors (Lipinski definition) is 2. The molecule has 0 saturated carbocycles. The molecule has 0 unspecified atom stereocenters. The van der Waals surface area contributed by atoms with Gasteiger partial charge in [-0.3, -0.25) is 4.79 Å². The molecule has 2 aromatic carbocycles. The predicted octanol–water partition coefficient (Wildman–Crippen LogP) is 3.96. The monoisotopic (exact) mass is 338 g/mol. The lowest BCUT2D eigenvalue weighted by Crippen LogP contribution is -2.14. The summed E-state index contributed by atoms with van der Waals surface area (Å²) in [6.45, 7) is 0.884. The molecule has 0 atom stereocenters. The zero-order chi connectivity index (χ0) is 17.6. The molecule has 3 rings (SSSR count). The van der Waals surface area contributed by atoms with Crippen LogP contribution < -0.4 is 5.32 Å². The van der Waals surface area contributed by atoms with E-state index in [9.17, 15) is 4.79 Å². The lowest BCUT2D eigenvalue weighted by molar-refractivity contribution is -0.117. The number of aromatic amines is 1. The summed E-state index contributed by atoms with van der Waals surface area (Å²) in [4.78, 5) is 15.5. The van der Waals surface area contributed by atoms with E-state index < -0.39 is 0 Å². The minimum atomic E-state index is -0.0754. The predicted molar refractivity (Wildman–Crippen MR) is 99.6 cm³/mol. The second-order valence-corrected chi connectivity index (χ2v) is 5.88. The Morgan fingerprint density at radius 3 is 2.60 bits per heavy atom. The van der Waals surface area contributed by atoms with E-state index in [0.29, 0.717) is 19.6 Å². The van der Waals surface area contributed by atoms with Crippen LogP contribution in [0.1, 0.15) is 12.0 Å². The maximum Gasteiger partial charge on any atom is 0.226 e. The molecule has 1 amide bonds. The molecule has 0 aliphatic heterocycles. The quantitative estimate of drug-likeness (QED) is 0.685. The second kappa shape index (κ2) is 7.96. The first-order valence-corrected chi connectivity index (χ1v) is 8.20. The molecule has 25 heavy (non-hydrogen) atoms. The van der Waals surface area contributed by atoms with Crippen molar-refractivity contribution < 1.29 is 14.3 Å². The number of rotatable bonds is 7. The molecule has 0 spiro atoms. The lowest BCUT2D eigenvalue weighted by atomic mass is 10.1. The standard InChI is InChI=1S/C20H22N2O3/c1-24-9-8-19(23)21-18-11-14(13-25-2)10-16-12-17(22-20(16)18)15-6-4-3-5-7-15/h3-7,10-12,22H,8-9,13H2,1-2H3,(H,21,23). The second-order valence-electron chi connectivity index (χ2n) is 5.88. The summed E-state index contributed by atoms with van der Waals surface area (Å²) in [7, 11) is 3.25. The Kier molecular flexibility index (Phi) is 5.48. The Morgan fingerprint density at radius 2 is 1.88 bits per heavy atom. The van der Waals surface area contributed by atoms with Crippen LogP contribution in [0.15, 0.2) is 48.5 Å². The summed E-state index contributed by atoms with van der Waals surface area (Å²) in [6.07, 6.45) is 0.318. The third-order valence-corrected chi connectivity index (χ3v) is 3.99. The van der Waals surface area contributed by atoms with Gasteiger partial charge in [-0.25, -0.2) is 0 Å². The summed E-state index contributed by atoms with van der Waals surface area (Å²) in [6, 6.07) is 16.2. The number of carbonyl (C=O) groups is 1. The molecule has 5 heteroatoms. The SMILES string of the molecule is COCCC(=O)Nc1cc(COC)cc2cc(-c3ccccc3)[nH]c12. The first kappa shape index (κ1) is 17.2. The number of amides is 1. The molecular formula is C20H22N2O3. The molecule has 130 valence electrons. The van der Waals surface area contributed by atoms with Gasteiger partial charge < -0.3 is 19.8 Å². The number of anilines is 1. The maximum atomic E-state index is 12.1. The van der Waals surface area contributed by atoms with Gasteiger partial charge in [-0.15, -0.1) is 0 Å². The van der Waals surface area contributed by atoms with Crippen molar-refractivity contribution in [2.75, 3.05) is 26.1 Å². The van der Waals surface area contributed by atoms with E-state index >= 15 is 0 Å². The van der Waals surface area contributed by atoms with Gasteiger partial charge in [-0.2, -0.15) is 0 Å². The van der Waals surface area contributed by atoms with E-state index in [1.807, 2.05) is 24.3 Å². The van der Waals surface area contributed by atoms with E-state index in [4.69, 9.17) is 9.47 Å².